The lowest BCUT2D eigenvalue weighted by molar-refractivity contribution is -0.158. The van der Waals surface area contributed by atoms with Crippen molar-refractivity contribution in [1.82, 2.24) is 5.32 Å². The molecule has 1 aromatic rings. The first-order valence-corrected chi connectivity index (χ1v) is 8.21. The highest BCUT2D eigenvalue weighted by molar-refractivity contribution is 5.85. The lowest BCUT2D eigenvalue weighted by atomic mass is 9.58. The summed E-state index contributed by atoms with van der Waals surface area (Å²) in [5, 5.41) is 12.5. The third-order valence-electron chi connectivity index (χ3n) is 5.36. The molecular weight excluding hydrogens is 278 g/mol. The van der Waals surface area contributed by atoms with E-state index in [4.69, 9.17) is 0 Å². The smallest absolute Gasteiger partial charge is 0.307 e. The number of hydrogen-bond acceptors (Lipinski definition) is 2. The molecule has 2 bridgehead atoms. The highest BCUT2D eigenvalue weighted by Gasteiger charge is 2.50. The number of fused-ring (bicyclic) bond motifs is 3. The minimum atomic E-state index is -0.794. The molecule has 1 amide bonds. The second kappa shape index (κ2) is 6.51. The van der Waals surface area contributed by atoms with Crippen molar-refractivity contribution in [2.24, 2.45) is 23.7 Å². The Hall–Kier alpha value is -1.84. The summed E-state index contributed by atoms with van der Waals surface area (Å²) < 4.78 is 0. The standard InChI is InChI=1S/C18H23NO3/c20-17(19-11-10-12-4-2-1-3-5-12)15-13-6-8-14(9-7-13)16(15)18(21)22/h1-5,13-16H,6-11H2,(H,19,20)(H,21,22)/t13?,14?,15-,16+/m1/s1. The summed E-state index contributed by atoms with van der Waals surface area (Å²) in [6.45, 7) is 0.572. The first kappa shape index (κ1) is 15.1. The number of carboxylic acid groups (broad SMARTS) is 1. The molecule has 118 valence electrons. The second-order valence-corrected chi connectivity index (χ2v) is 6.59. The van der Waals surface area contributed by atoms with E-state index in [0.29, 0.717) is 6.54 Å². The van der Waals surface area contributed by atoms with Gasteiger partial charge in [0.2, 0.25) is 5.91 Å². The molecule has 4 nitrogen and oxygen atoms in total. The summed E-state index contributed by atoms with van der Waals surface area (Å²) in [5.74, 6) is -1.23. The van der Waals surface area contributed by atoms with Crippen LogP contribution in [0.3, 0.4) is 0 Å². The van der Waals surface area contributed by atoms with Gasteiger partial charge in [0, 0.05) is 6.54 Å². The number of aliphatic carboxylic acids is 1. The third kappa shape index (κ3) is 3.01. The van der Waals surface area contributed by atoms with E-state index in [0.717, 1.165) is 32.1 Å². The van der Waals surface area contributed by atoms with Gasteiger partial charge in [-0.3, -0.25) is 9.59 Å². The van der Waals surface area contributed by atoms with Gasteiger partial charge in [-0.05, 0) is 49.5 Å². The van der Waals surface area contributed by atoms with Crippen molar-refractivity contribution in [1.29, 1.82) is 0 Å². The van der Waals surface area contributed by atoms with Gasteiger partial charge in [0.05, 0.1) is 11.8 Å². The third-order valence-corrected chi connectivity index (χ3v) is 5.36. The fraction of sp³-hybridized carbons (Fsp3) is 0.556. The number of carbonyl (C=O) groups is 2. The van der Waals surface area contributed by atoms with Crippen LogP contribution in [0.1, 0.15) is 31.2 Å². The minimum absolute atomic E-state index is 0.0577. The van der Waals surface area contributed by atoms with E-state index in [-0.39, 0.29) is 23.7 Å². The maximum absolute atomic E-state index is 12.5. The molecule has 22 heavy (non-hydrogen) atoms. The van der Waals surface area contributed by atoms with Crippen LogP contribution in [0.25, 0.3) is 0 Å². The van der Waals surface area contributed by atoms with Crippen molar-refractivity contribution in [2.45, 2.75) is 32.1 Å². The van der Waals surface area contributed by atoms with Gasteiger partial charge in [-0.2, -0.15) is 0 Å². The lowest BCUT2D eigenvalue weighted by Crippen LogP contribution is -2.51. The van der Waals surface area contributed by atoms with Crippen LogP contribution in [0, 0.1) is 23.7 Å². The van der Waals surface area contributed by atoms with Crippen LogP contribution >= 0.6 is 0 Å². The van der Waals surface area contributed by atoms with Crippen LogP contribution in [-0.4, -0.2) is 23.5 Å². The topological polar surface area (TPSA) is 66.4 Å². The quantitative estimate of drug-likeness (QED) is 0.878. The van der Waals surface area contributed by atoms with Crippen molar-refractivity contribution < 1.29 is 14.7 Å². The molecule has 3 aliphatic rings. The molecular formula is C18H23NO3. The highest BCUT2D eigenvalue weighted by atomic mass is 16.4. The number of carboxylic acids is 1. The molecule has 0 saturated heterocycles. The van der Waals surface area contributed by atoms with Crippen molar-refractivity contribution in [3.8, 4) is 0 Å². The number of carbonyl (C=O) groups excluding carboxylic acids is 1. The van der Waals surface area contributed by atoms with Crippen LogP contribution in [0.5, 0.6) is 0 Å². The molecule has 0 radical (unpaired) electrons. The zero-order valence-corrected chi connectivity index (χ0v) is 12.7. The first-order valence-electron chi connectivity index (χ1n) is 8.21. The maximum atomic E-state index is 12.5. The average molecular weight is 301 g/mol. The van der Waals surface area contributed by atoms with Gasteiger partial charge < -0.3 is 10.4 Å². The van der Waals surface area contributed by atoms with Crippen molar-refractivity contribution in [2.75, 3.05) is 6.54 Å². The molecule has 0 aromatic heterocycles. The van der Waals surface area contributed by atoms with Crippen LogP contribution in [0.15, 0.2) is 30.3 Å². The molecule has 3 aliphatic carbocycles. The van der Waals surface area contributed by atoms with Crippen LogP contribution in [0.2, 0.25) is 0 Å². The maximum Gasteiger partial charge on any atom is 0.307 e. The largest absolute Gasteiger partial charge is 0.481 e. The predicted molar refractivity (Wildman–Crippen MR) is 83.2 cm³/mol. The van der Waals surface area contributed by atoms with Gasteiger partial charge >= 0.3 is 5.97 Å². The fourth-order valence-corrected chi connectivity index (χ4v) is 4.27. The van der Waals surface area contributed by atoms with Gasteiger partial charge in [0.25, 0.3) is 0 Å². The molecule has 1 aromatic carbocycles. The van der Waals surface area contributed by atoms with Crippen molar-refractivity contribution in [3.63, 3.8) is 0 Å². The number of nitrogens with one attached hydrogen (secondary N) is 1. The van der Waals surface area contributed by atoms with Gasteiger partial charge in [0.1, 0.15) is 0 Å². The highest BCUT2D eigenvalue weighted by Crippen LogP contribution is 2.49. The molecule has 0 spiro atoms. The molecule has 0 unspecified atom stereocenters. The molecule has 3 saturated carbocycles. The number of rotatable bonds is 5. The SMILES string of the molecule is O=C(NCCc1ccccc1)[C@@H]1C2CCC(CC2)[C@@H]1C(=O)O. The first-order chi connectivity index (χ1) is 10.7. The van der Waals surface area contributed by atoms with Crippen LogP contribution in [0.4, 0.5) is 0 Å². The summed E-state index contributed by atoms with van der Waals surface area (Å²) in [4.78, 5) is 24.1. The summed E-state index contributed by atoms with van der Waals surface area (Å²) >= 11 is 0. The van der Waals surface area contributed by atoms with E-state index < -0.39 is 11.9 Å². The monoisotopic (exact) mass is 301 g/mol. The van der Waals surface area contributed by atoms with E-state index in [1.807, 2.05) is 30.3 Å². The Morgan fingerprint density at radius 2 is 1.59 bits per heavy atom. The Morgan fingerprint density at radius 1 is 1.00 bits per heavy atom. The molecule has 2 N–H and O–H groups in total. The molecule has 2 atom stereocenters. The fourth-order valence-electron chi connectivity index (χ4n) is 4.27. The number of amides is 1. The summed E-state index contributed by atoms with van der Waals surface area (Å²) in [6, 6.07) is 10.0. The van der Waals surface area contributed by atoms with Crippen LogP contribution in [-0.2, 0) is 16.0 Å². The molecule has 0 heterocycles. The number of hydrogen-bond donors (Lipinski definition) is 2. The van der Waals surface area contributed by atoms with E-state index in [1.165, 1.54) is 5.56 Å². The minimum Gasteiger partial charge on any atom is -0.481 e. The van der Waals surface area contributed by atoms with Gasteiger partial charge in [-0.1, -0.05) is 30.3 Å². The summed E-state index contributed by atoms with van der Waals surface area (Å²) in [5.41, 5.74) is 1.18. The Kier molecular flexibility index (Phi) is 4.46. The van der Waals surface area contributed by atoms with Gasteiger partial charge in [-0.25, -0.2) is 0 Å². The van der Waals surface area contributed by atoms with Crippen molar-refractivity contribution >= 4 is 11.9 Å². The van der Waals surface area contributed by atoms with Crippen LogP contribution < -0.4 is 5.32 Å². The van der Waals surface area contributed by atoms with Crippen molar-refractivity contribution in [3.05, 3.63) is 35.9 Å². The zero-order chi connectivity index (χ0) is 15.5. The summed E-state index contributed by atoms with van der Waals surface area (Å²) in [6.07, 6.45) is 4.73. The number of benzene rings is 1. The molecule has 3 fully saturated rings. The Balaban J connectivity index is 1.59. The van der Waals surface area contributed by atoms with Gasteiger partial charge in [0.15, 0.2) is 0 Å². The Bertz CT molecular complexity index is 535. The van der Waals surface area contributed by atoms with Gasteiger partial charge in [-0.15, -0.1) is 0 Å². The Morgan fingerprint density at radius 3 is 2.18 bits per heavy atom. The Labute approximate surface area is 130 Å². The van der Waals surface area contributed by atoms with E-state index in [2.05, 4.69) is 5.32 Å². The average Bonchev–Trinajstić information content (AvgIpc) is 2.55. The van der Waals surface area contributed by atoms with E-state index >= 15 is 0 Å². The molecule has 0 aliphatic heterocycles. The lowest BCUT2D eigenvalue weighted by Gasteiger charge is -2.45. The molecule has 4 rings (SSSR count). The zero-order valence-electron chi connectivity index (χ0n) is 12.7. The normalized spacial score (nSPS) is 30.0. The van der Waals surface area contributed by atoms with E-state index in [1.54, 1.807) is 0 Å². The van der Waals surface area contributed by atoms with E-state index in [9.17, 15) is 14.7 Å². The summed E-state index contributed by atoms with van der Waals surface area (Å²) in [7, 11) is 0. The predicted octanol–water partition coefficient (Wildman–Crippen LogP) is 2.48. The molecule has 4 heteroatoms. The second-order valence-electron chi connectivity index (χ2n) is 6.59.